The van der Waals surface area contributed by atoms with Crippen molar-refractivity contribution in [2.24, 2.45) is 0 Å². The highest BCUT2D eigenvalue weighted by atomic mass is 32.2. The molecule has 126 valence electrons. The molecule has 0 saturated carbocycles. The van der Waals surface area contributed by atoms with Crippen LogP contribution in [0.3, 0.4) is 0 Å². The molecule has 0 bridgehead atoms. The molecule has 0 radical (unpaired) electrons. The summed E-state index contributed by atoms with van der Waals surface area (Å²) in [5.41, 5.74) is 3.69. The molecule has 1 saturated heterocycles. The molecule has 0 amide bonds. The number of likely N-dealkylation sites (N-methyl/N-ethyl adjacent to an activating group) is 1. The number of benzene rings is 1. The van der Waals surface area contributed by atoms with Gasteiger partial charge in [-0.1, -0.05) is 12.5 Å². The summed E-state index contributed by atoms with van der Waals surface area (Å²) in [6.45, 7) is 3.00. The molecule has 2 aromatic rings. The summed E-state index contributed by atoms with van der Waals surface area (Å²) >= 11 is 0. The van der Waals surface area contributed by atoms with Crippen LogP contribution in [0.15, 0.2) is 24.4 Å². The molecule has 2 heterocycles. The number of hydrogen-bond acceptors (Lipinski definition) is 2. The van der Waals surface area contributed by atoms with E-state index in [4.69, 9.17) is 0 Å². The molecule has 23 heavy (non-hydrogen) atoms. The van der Waals surface area contributed by atoms with Gasteiger partial charge in [0.05, 0.1) is 16.7 Å². The fourth-order valence-corrected chi connectivity index (χ4v) is 4.48. The average Bonchev–Trinajstić information content (AvgIpc) is 2.96. The minimum absolute atomic E-state index is 0.633. The molecule has 1 aliphatic rings. The number of H-pyrrole nitrogens is 1. The second-order valence-electron chi connectivity index (χ2n) is 6.70. The number of piperidine rings is 1. The molecule has 3 rings (SSSR count). The zero-order chi connectivity index (χ0) is 16.2. The smallest absolute Gasteiger partial charge is 0.0987 e. The maximum atomic E-state index is 12.6. The van der Waals surface area contributed by atoms with Crippen molar-refractivity contribution in [1.82, 2.24) is 14.2 Å². The van der Waals surface area contributed by atoms with Crippen LogP contribution in [0.4, 0.5) is 0 Å². The fraction of sp³-hybridized carbons (Fsp3) is 0.556. The molecule has 1 unspecified atom stereocenters. The predicted octanol–water partition coefficient (Wildman–Crippen LogP) is 2.92. The highest BCUT2D eigenvalue weighted by Gasteiger charge is 2.17. The van der Waals surface area contributed by atoms with Gasteiger partial charge in [-0.25, -0.2) is 8.51 Å². The van der Waals surface area contributed by atoms with Crippen LogP contribution in [-0.2, 0) is 23.2 Å². The Morgan fingerprint density at radius 3 is 2.74 bits per heavy atom. The normalized spacial score (nSPS) is 17.9. The second kappa shape index (κ2) is 7.60. The number of rotatable bonds is 6. The minimum Gasteiger partial charge on any atom is -0.361 e. The number of hydrogen-bond donors (Lipinski definition) is 1. The summed E-state index contributed by atoms with van der Waals surface area (Å²) in [5.74, 6) is 0.633. The molecule has 1 aromatic heterocycles. The topological polar surface area (TPSA) is 39.3 Å². The van der Waals surface area contributed by atoms with Crippen molar-refractivity contribution < 1.29 is 4.21 Å². The lowest BCUT2D eigenvalue weighted by molar-refractivity contribution is 0.365. The Labute approximate surface area is 141 Å². The van der Waals surface area contributed by atoms with E-state index in [0.29, 0.717) is 5.75 Å². The number of fused-ring (bicyclic) bond motifs is 1. The Bertz CT molecular complexity index is 674. The third kappa shape index (κ3) is 4.22. The van der Waals surface area contributed by atoms with Crippen molar-refractivity contribution in [3.05, 3.63) is 35.5 Å². The van der Waals surface area contributed by atoms with Crippen molar-refractivity contribution in [3.63, 3.8) is 0 Å². The molecule has 1 N–H and O–H groups in total. The molecule has 1 fully saturated rings. The number of aromatic amines is 1. The van der Waals surface area contributed by atoms with Crippen LogP contribution < -0.4 is 0 Å². The Hall–Kier alpha value is -1.17. The van der Waals surface area contributed by atoms with Gasteiger partial charge in [-0.15, -0.1) is 0 Å². The zero-order valence-corrected chi connectivity index (χ0v) is 15.0. The van der Waals surface area contributed by atoms with E-state index in [2.05, 4.69) is 52.7 Å². The van der Waals surface area contributed by atoms with Gasteiger partial charge in [0.2, 0.25) is 0 Å². The zero-order valence-electron chi connectivity index (χ0n) is 14.2. The predicted molar refractivity (Wildman–Crippen MR) is 97.8 cm³/mol. The molecule has 1 aromatic carbocycles. The van der Waals surface area contributed by atoms with E-state index in [1.54, 1.807) is 0 Å². The SMILES string of the molecule is CN(C)CCc1c[nH]c2ccc(CS(=O)N3CCCCC3)cc12. The molecule has 4 nitrogen and oxygen atoms in total. The van der Waals surface area contributed by atoms with E-state index in [1.165, 1.54) is 41.3 Å². The fourth-order valence-electron chi connectivity index (χ4n) is 3.17. The molecule has 5 heteroatoms. The largest absolute Gasteiger partial charge is 0.361 e. The van der Waals surface area contributed by atoms with E-state index in [9.17, 15) is 4.21 Å². The van der Waals surface area contributed by atoms with Crippen molar-refractivity contribution in [3.8, 4) is 0 Å². The summed E-state index contributed by atoms with van der Waals surface area (Å²) in [6.07, 6.45) is 6.78. The number of nitrogens with one attached hydrogen (secondary N) is 1. The van der Waals surface area contributed by atoms with E-state index in [-0.39, 0.29) is 0 Å². The maximum absolute atomic E-state index is 12.6. The van der Waals surface area contributed by atoms with Crippen LogP contribution in [0.2, 0.25) is 0 Å². The Kier molecular flexibility index (Phi) is 5.51. The summed E-state index contributed by atoms with van der Waals surface area (Å²) in [4.78, 5) is 5.55. The van der Waals surface area contributed by atoms with Crippen LogP contribution in [0, 0.1) is 0 Å². The average molecular weight is 334 g/mol. The van der Waals surface area contributed by atoms with E-state index in [0.717, 1.165) is 26.1 Å². The van der Waals surface area contributed by atoms with E-state index >= 15 is 0 Å². The monoisotopic (exact) mass is 333 g/mol. The Morgan fingerprint density at radius 2 is 2.00 bits per heavy atom. The van der Waals surface area contributed by atoms with E-state index in [1.807, 2.05) is 0 Å². The van der Waals surface area contributed by atoms with Crippen LogP contribution in [0.5, 0.6) is 0 Å². The minimum atomic E-state index is -0.891. The first-order valence-corrected chi connectivity index (χ1v) is 9.78. The summed E-state index contributed by atoms with van der Waals surface area (Å²) < 4.78 is 14.7. The summed E-state index contributed by atoms with van der Waals surface area (Å²) in [6, 6.07) is 6.45. The number of nitrogens with zero attached hydrogens (tertiary/aromatic N) is 2. The summed E-state index contributed by atoms with van der Waals surface area (Å²) in [7, 11) is 3.31. The standard InChI is InChI=1S/C18H27N3OS/c1-20(2)11-8-16-13-19-18-7-6-15(12-17(16)18)14-23(22)21-9-4-3-5-10-21/h6-7,12-13,19H,3-5,8-11,14H2,1-2H3. The Balaban J connectivity index is 1.73. The highest BCUT2D eigenvalue weighted by molar-refractivity contribution is 7.81. The lowest BCUT2D eigenvalue weighted by atomic mass is 10.1. The third-order valence-corrected chi connectivity index (χ3v) is 6.07. The quantitative estimate of drug-likeness (QED) is 0.883. The lowest BCUT2D eigenvalue weighted by Gasteiger charge is -2.25. The molecule has 0 aliphatic carbocycles. The first-order chi connectivity index (χ1) is 11.1. The van der Waals surface area contributed by atoms with Gasteiger partial charge in [0.15, 0.2) is 0 Å². The highest BCUT2D eigenvalue weighted by Crippen LogP contribution is 2.22. The van der Waals surface area contributed by atoms with Gasteiger partial charge in [-0.05, 0) is 56.6 Å². The van der Waals surface area contributed by atoms with Crippen molar-refractivity contribution in [2.75, 3.05) is 33.7 Å². The first-order valence-electron chi connectivity index (χ1n) is 8.50. The van der Waals surface area contributed by atoms with Gasteiger partial charge in [-0.2, -0.15) is 0 Å². The first kappa shape index (κ1) is 16.7. The second-order valence-corrected chi connectivity index (χ2v) is 8.15. The Morgan fingerprint density at radius 1 is 1.22 bits per heavy atom. The summed E-state index contributed by atoms with van der Waals surface area (Å²) in [5, 5.41) is 1.28. The van der Waals surface area contributed by atoms with Crippen LogP contribution >= 0.6 is 0 Å². The molecular weight excluding hydrogens is 306 g/mol. The van der Waals surface area contributed by atoms with Crippen molar-refractivity contribution in [1.29, 1.82) is 0 Å². The van der Waals surface area contributed by atoms with Gasteiger partial charge < -0.3 is 9.88 Å². The van der Waals surface area contributed by atoms with Gasteiger partial charge in [0.1, 0.15) is 0 Å². The number of aromatic nitrogens is 1. The van der Waals surface area contributed by atoms with Crippen molar-refractivity contribution >= 4 is 21.9 Å². The van der Waals surface area contributed by atoms with E-state index < -0.39 is 11.0 Å². The van der Waals surface area contributed by atoms with Gasteiger partial charge in [-0.3, -0.25) is 0 Å². The van der Waals surface area contributed by atoms with Gasteiger partial charge in [0, 0.05) is 36.7 Å². The van der Waals surface area contributed by atoms with Crippen molar-refractivity contribution in [2.45, 2.75) is 31.4 Å². The van der Waals surface area contributed by atoms with Crippen LogP contribution in [0.25, 0.3) is 10.9 Å². The van der Waals surface area contributed by atoms with Gasteiger partial charge >= 0.3 is 0 Å². The van der Waals surface area contributed by atoms with Crippen LogP contribution in [-0.4, -0.2) is 52.1 Å². The molecule has 0 spiro atoms. The maximum Gasteiger partial charge on any atom is 0.0987 e. The lowest BCUT2D eigenvalue weighted by Crippen LogP contribution is -2.32. The van der Waals surface area contributed by atoms with Gasteiger partial charge in [0.25, 0.3) is 0 Å². The molecular formula is C18H27N3OS. The molecule has 1 aliphatic heterocycles. The van der Waals surface area contributed by atoms with Crippen LogP contribution in [0.1, 0.15) is 30.4 Å². The third-order valence-electron chi connectivity index (χ3n) is 4.55. The molecule has 1 atom stereocenters.